The molecule has 0 N–H and O–H groups in total. The fourth-order valence-corrected chi connectivity index (χ4v) is 2.98. The van der Waals surface area contributed by atoms with Crippen LogP contribution in [-0.4, -0.2) is 14.5 Å². The Hall–Kier alpha value is -3.47. The molecular weight excluding hydrogens is 314 g/mol. The molecule has 25 heavy (non-hydrogen) atoms. The van der Waals surface area contributed by atoms with Crippen LogP contribution in [-0.2, 0) is 6.54 Å². The van der Waals surface area contributed by atoms with Gasteiger partial charge in [0.2, 0.25) is 0 Å². The highest BCUT2D eigenvalue weighted by atomic mass is 16.6. The van der Waals surface area contributed by atoms with Gasteiger partial charge in [-0.05, 0) is 17.7 Å². The van der Waals surface area contributed by atoms with Crippen molar-refractivity contribution in [2.24, 2.45) is 0 Å². The predicted octanol–water partition coefficient (Wildman–Crippen LogP) is 4.66. The Morgan fingerprint density at radius 1 is 0.920 bits per heavy atom. The van der Waals surface area contributed by atoms with Gasteiger partial charge >= 0.3 is 0 Å². The lowest BCUT2D eigenvalue weighted by Crippen LogP contribution is -2.02. The maximum atomic E-state index is 11.1. The number of imidazole rings is 1. The first-order valence-corrected chi connectivity index (χ1v) is 7.96. The number of fused-ring (bicyclic) bond motifs is 1. The van der Waals surface area contributed by atoms with Gasteiger partial charge in [-0.3, -0.25) is 10.1 Å². The molecule has 0 atom stereocenters. The van der Waals surface area contributed by atoms with Crippen LogP contribution >= 0.6 is 0 Å². The number of nitro benzene ring substituents is 1. The molecule has 0 saturated heterocycles. The minimum atomic E-state index is -0.381. The number of para-hydroxylation sites is 2. The summed E-state index contributed by atoms with van der Waals surface area (Å²) in [5.74, 6) is 0.730. The summed E-state index contributed by atoms with van der Waals surface area (Å²) >= 11 is 0. The number of aromatic nitrogens is 2. The topological polar surface area (TPSA) is 61.0 Å². The van der Waals surface area contributed by atoms with Gasteiger partial charge in [-0.15, -0.1) is 0 Å². The van der Waals surface area contributed by atoms with Crippen molar-refractivity contribution in [2.45, 2.75) is 6.54 Å². The molecular formula is C20H15N3O2. The van der Waals surface area contributed by atoms with Gasteiger partial charge < -0.3 is 4.57 Å². The molecule has 4 rings (SSSR count). The van der Waals surface area contributed by atoms with Crippen molar-refractivity contribution in [1.29, 1.82) is 0 Å². The summed E-state index contributed by atoms with van der Waals surface area (Å²) in [5.41, 5.74) is 3.84. The first kappa shape index (κ1) is 15.1. The summed E-state index contributed by atoms with van der Waals surface area (Å²) in [5, 5.41) is 11.1. The van der Waals surface area contributed by atoms with Crippen molar-refractivity contribution in [2.75, 3.05) is 0 Å². The quantitative estimate of drug-likeness (QED) is 0.404. The number of benzene rings is 3. The van der Waals surface area contributed by atoms with Crippen molar-refractivity contribution in [1.82, 2.24) is 9.55 Å². The number of non-ortho nitro benzene ring substituents is 1. The number of nitro groups is 1. The van der Waals surface area contributed by atoms with E-state index >= 15 is 0 Å². The molecule has 1 heterocycles. The van der Waals surface area contributed by atoms with Crippen molar-refractivity contribution in [3.8, 4) is 11.4 Å². The molecule has 3 aromatic carbocycles. The van der Waals surface area contributed by atoms with E-state index in [1.807, 2.05) is 48.5 Å². The van der Waals surface area contributed by atoms with Crippen LogP contribution in [0.5, 0.6) is 0 Å². The van der Waals surface area contributed by atoms with Gasteiger partial charge in [-0.2, -0.15) is 0 Å². The van der Waals surface area contributed by atoms with Gasteiger partial charge in [0.05, 0.1) is 16.0 Å². The van der Waals surface area contributed by atoms with Crippen LogP contribution in [0.25, 0.3) is 22.4 Å². The van der Waals surface area contributed by atoms with Crippen molar-refractivity contribution >= 4 is 16.7 Å². The van der Waals surface area contributed by atoms with Crippen molar-refractivity contribution in [3.05, 3.63) is 94.5 Å². The van der Waals surface area contributed by atoms with E-state index in [9.17, 15) is 10.1 Å². The molecule has 0 aliphatic rings. The molecule has 0 bridgehead atoms. The van der Waals surface area contributed by atoms with E-state index < -0.39 is 0 Å². The van der Waals surface area contributed by atoms with Crippen molar-refractivity contribution in [3.63, 3.8) is 0 Å². The molecule has 0 spiro atoms. The molecule has 0 fully saturated rings. The molecule has 122 valence electrons. The van der Waals surface area contributed by atoms with Gasteiger partial charge in [0.15, 0.2) is 0 Å². The molecule has 0 radical (unpaired) electrons. The zero-order valence-electron chi connectivity index (χ0n) is 13.4. The Morgan fingerprint density at radius 2 is 1.68 bits per heavy atom. The smallest absolute Gasteiger partial charge is 0.270 e. The molecule has 1 aromatic heterocycles. The molecule has 0 amide bonds. The minimum absolute atomic E-state index is 0.0656. The standard InChI is InChI=1S/C20H15N3O2/c24-23(25)17-10-6-9-16(13-17)20-21-18-11-4-5-12-19(18)22(20)14-15-7-2-1-3-8-15/h1-13H,14H2. The van der Waals surface area contributed by atoms with Gasteiger partial charge in [0.25, 0.3) is 5.69 Å². The Labute approximate surface area is 144 Å². The molecule has 0 aliphatic heterocycles. The van der Waals surface area contributed by atoms with E-state index in [0.717, 1.165) is 28.0 Å². The van der Waals surface area contributed by atoms with Gasteiger partial charge in [0, 0.05) is 24.2 Å². The van der Waals surface area contributed by atoms with Crippen LogP contribution in [0.2, 0.25) is 0 Å². The van der Waals surface area contributed by atoms with Crippen LogP contribution in [0.4, 0.5) is 5.69 Å². The van der Waals surface area contributed by atoms with E-state index in [1.54, 1.807) is 12.1 Å². The Bertz CT molecular complexity index is 1050. The second kappa shape index (κ2) is 6.20. The molecule has 0 unspecified atom stereocenters. The highest BCUT2D eigenvalue weighted by molar-refractivity contribution is 5.81. The summed E-state index contributed by atoms with van der Waals surface area (Å²) in [4.78, 5) is 15.4. The lowest BCUT2D eigenvalue weighted by Gasteiger charge is -2.09. The second-order valence-electron chi connectivity index (χ2n) is 5.80. The third kappa shape index (κ3) is 2.87. The minimum Gasteiger partial charge on any atom is -0.319 e. The maximum Gasteiger partial charge on any atom is 0.270 e. The first-order valence-electron chi connectivity index (χ1n) is 7.96. The lowest BCUT2D eigenvalue weighted by molar-refractivity contribution is -0.384. The largest absolute Gasteiger partial charge is 0.319 e. The Morgan fingerprint density at radius 3 is 2.48 bits per heavy atom. The predicted molar refractivity (Wildman–Crippen MR) is 97.4 cm³/mol. The zero-order chi connectivity index (χ0) is 17.2. The van der Waals surface area contributed by atoms with Crippen LogP contribution < -0.4 is 0 Å². The number of nitrogens with zero attached hydrogens (tertiary/aromatic N) is 3. The van der Waals surface area contributed by atoms with E-state index in [4.69, 9.17) is 4.98 Å². The third-order valence-electron chi connectivity index (χ3n) is 4.15. The molecule has 5 nitrogen and oxygen atoms in total. The fourth-order valence-electron chi connectivity index (χ4n) is 2.98. The fraction of sp³-hybridized carbons (Fsp3) is 0.0500. The average Bonchev–Trinajstić information content (AvgIpc) is 3.01. The monoisotopic (exact) mass is 329 g/mol. The van der Waals surface area contributed by atoms with E-state index in [0.29, 0.717) is 6.54 Å². The van der Waals surface area contributed by atoms with Gasteiger partial charge in [-0.1, -0.05) is 54.6 Å². The summed E-state index contributed by atoms with van der Waals surface area (Å²) in [7, 11) is 0. The van der Waals surface area contributed by atoms with Crippen LogP contribution in [0.3, 0.4) is 0 Å². The highest BCUT2D eigenvalue weighted by Crippen LogP contribution is 2.28. The Balaban J connectivity index is 1.90. The zero-order valence-corrected chi connectivity index (χ0v) is 13.4. The highest BCUT2D eigenvalue weighted by Gasteiger charge is 2.15. The van der Waals surface area contributed by atoms with Crippen molar-refractivity contribution < 1.29 is 4.92 Å². The van der Waals surface area contributed by atoms with E-state index in [1.165, 1.54) is 6.07 Å². The normalized spacial score (nSPS) is 10.9. The number of rotatable bonds is 4. The first-order chi connectivity index (χ1) is 12.2. The third-order valence-corrected chi connectivity index (χ3v) is 4.15. The van der Waals surface area contributed by atoms with Crippen LogP contribution in [0.1, 0.15) is 5.56 Å². The summed E-state index contributed by atoms with van der Waals surface area (Å²) < 4.78 is 2.10. The van der Waals surface area contributed by atoms with Gasteiger partial charge in [0.1, 0.15) is 5.82 Å². The van der Waals surface area contributed by atoms with Gasteiger partial charge in [-0.25, -0.2) is 4.98 Å². The summed E-state index contributed by atoms with van der Waals surface area (Å²) in [6, 6.07) is 24.6. The number of hydrogen-bond acceptors (Lipinski definition) is 3. The average molecular weight is 329 g/mol. The molecule has 0 saturated carbocycles. The van der Waals surface area contributed by atoms with Crippen LogP contribution in [0.15, 0.2) is 78.9 Å². The molecule has 5 heteroatoms. The maximum absolute atomic E-state index is 11.1. The second-order valence-corrected chi connectivity index (χ2v) is 5.80. The Kier molecular flexibility index (Phi) is 3.74. The molecule has 4 aromatic rings. The van der Waals surface area contributed by atoms with E-state index in [2.05, 4.69) is 16.7 Å². The summed E-state index contributed by atoms with van der Waals surface area (Å²) in [6.07, 6.45) is 0. The molecule has 0 aliphatic carbocycles. The van der Waals surface area contributed by atoms with E-state index in [-0.39, 0.29) is 10.6 Å². The lowest BCUT2D eigenvalue weighted by atomic mass is 10.1. The number of hydrogen-bond donors (Lipinski definition) is 0. The summed E-state index contributed by atoms with van der Waals surface area (Å²) in [6.45, 7) is 0.652. The van der Waals surface area contributed by atoms with Crippen LogP contribution in [0, 0.1) is 10.1 Å². The SMILES string of the molecule is O=[N+]([O-])c1cccc(-c2nc3ccccc3n2Cc2ccccc2)c1.